The Kier molecular flexibility index (Phi) is 5.57. The predicted molar refractivity (Wildman–Crippen MR) is 86.1 cm³/mol. The normalized spacial score (nSPS) is 11.6. The molecule has 112 valence electrons. The molecule has 0 aliphatic carbocycles. The molecule has 1 rings (SSSR count). The second-order valence-corrected chi connectivity index (χ2v) is 5.97. The molecule has 0 aliphatic heterocycles. The average molecular weight is 277 g/mol. The predicted octanol–water partition coefficient (Wildman–Crippen LogP) is 2.84. The fraction of sp³-hybridized carbons (Fsp3) is 0.562. The number of amides is 1. The maximum atomic E-state index is 12.0. The van der Waals surface area contributed by atoms with Crippen molar-refractivity contribution in [3.05, 3.63) is 24.3 Å². The molecule has 0 saturated carbocycles. The largest absolute Gasteiger partial charge is 0.369 e. The van der Waals surface area contributed by atoms with E-state index in [0.29, 0.717) is 12.6 Å². The van der Waals surface area contributed by atoms with Crippen molar-refractivity contribution in [2.24, 2.45) is 11.1 Å². The number of rotatable bonds is 6. The first-order valence-electron chi connectivity index (χ1n) is 7.20. The van der Waals surface area contributed by atoms with Gasteiger partial charge in [-0.25, -0.2) is 0 Å². The topological polar surface area (TPSA) is 58.4 Å². The number of carbonyl (C=O) groups is 1. The quantitative estimate of drug-likeness (QED) is 0.840. The lowest BCUT2D eigenvalue weighted by Crippen LogP contribution is -2.37. The van der Waals surface area contributed by atoms with Gasteiger partial charge in [-0.15, -0.1) is 0 Å². The summed E-state index contributed by atoms with van der Waals surface area (Å²) >= 11 is 0. The Bertz CT molecular complexity index is 438. The SMILES string of the molecule is CCN(c1ccc(NC(=O)C(C)(C)CN)cc1)C(C)C. The van der Waals surface area contributed by atoms with Gasteiger partial charge in [0, 0.05) is 30.5 Å². The smallest absolute Gasteiger partial charge is 0.231 e. The fourth-order valence-electron chi connectivity index (χ4n) is 1.98. The Morgan fingerprint density at radius 3 is 2.25 bits per heavy atom. The van der Waals surface area contributed by atoms with E-state index in [2.05, 4.69) is 31.0 Å². The van der Waals surface area contributed by atoms with E-state index in [0.717, 1.165) is 12.2 Å². The van der Waals surface area contributed by atoms with Crippen LogP contribution in [-0.2, 0) is 4.79 Å². The zero-order valence-electron chi connectivity index (χ0n) is 13.2. The molecule has 4 nitrogen and oxygen atoms in total. The van der Waals surface area contributed by atoms with Crippen molar-refractivity contribution in [2.45, 2.75) is 40.7 Å². The summed E-state index contributed by atoms with van der Waals surface area (Å²) in [4.78, 5) is 14.3. The van der Waals surface area contributed by atoms with E-state index in [-0.39, 0.29) is 5.91 Å². The van der Waals surface area contributed by atoms with Gasteiger partial charge in [0.15, 0.2) is 0 Å². The molecular weight excluding hydrogens is 250 g/mol. The molecule has 0 bridgehead atoms. The highest BCUT2D eigenvalue weighted by atomic mass is 16.2. The van der Waals surface area contributed by atoms with Crippen molar-refractivity contribution in [1.82, 2.24) is 0 Å². The van der Waals surface area contributed by atoms with Crippen molar-refractivity contribution in [3.8, 4) is 0 Å². The van der Waals surface area contributed by atoms with Gasteiger partial charge >= 0.3 is 0 Å². The zero-order valence-corrected chi connectivity index (χ0v) is 13.2. The van der Waals surface area contributed by atoms with E-state index in [4.69, 9.17) is 5.73 Å². The number of nitrogens with zero attached hydrogens (tertiary/aromatic N) is 1. The molecule has 3 N–H and O–H groups in total. The third kappa shape index (κ3) is 3.97. The minimum absolute atomic E-state index is 0.0519. The molecule has 1 aromatic rings. The lowest BCUT2D eigenvalue weighted by molar-refractivity contribution is -0.123. The van der Waals surface area contributed by atoms with Crippen LogP contribution in [0.4, 0.5) is 11.4 Å². The van der Waals surface area contributed by atoms with E-state index in [1.165, 1.54) is 5.69 Å². The Hall–Kier alpha value is -1.55. The third-order valence-electron chi connectivity index (χ3n) is 3.55. The van der Waals surface area contributed by atoms with Crippen LogP contribution < -0.4 is 16.0 Å². The standard InChI is InChI=1S/C16H27N3O/c1-6-19(12(2)3)14-9-7-13(8-10-14)18-15(20)16(4,5)11-17/h7-10,12H,6,11,17H2,1-5H3,(H,18,20). The number of carbonyl (C=O) groups excluding carboxylic acids is 1. The molecule has 1 aromatic carbocycles. The van der Waals surface area contributed by atoms with Crippen LogP contribution in [0.15, 0.2) is 24.3 Å². The van der Waals surface area contributed by atoms with E-state index in [9.17, 15) is 4.79 Å². The number of nitrogens with one attached hydrogen (secondary N) is 1. The molecule has 0 unspecified atom stereocenters. The zero-order chi connectivity index (χ0) is 15.3. The first kappa shape index (κ1) is 16.5. The molecule has 0 aliphatic rings. The van der Waals surface area contributed by atoms with Gasteiger partial charge < -0.3 is 16.0 Å². The summed E-state index contributed by atoms with van der Waals surface area (Å²) in [5, 5.41) is 2.91. The molecule has 4 heteroatoms. The van der Waals surface area contributed by atoms with Gasteiger partial charge in [-0.2, -0.15) is 0 Å². The second kappa shape index (κ2) is 6.75. The van der Waals surface area contributed by atoms with Gasteiger partial charge in [0.25, 0.3) is 0 Å². The first-order chi connectivity index (χ1) is 9.31. The van der Waals surface area contributed by atoms with Gasteiger partial charge in [-0.05, 0) is 58.9 Å². The van der Waals surface area contributed by atoms with Crippen LogP contribution in [0.25, 0.3) is 0 Å². The molecule has 1 amide bonds. The van der Waals surface area contributed by atoms with Crippen LogP contribution in [0.1, 0.15) is 34.6 Å². The number of hydrogen-bond donors (Lipinski definition) is 2. The fourth-order valence-corrected chi connectivity index (χ4v) is 1.98. The summed E-state index contributed by atoms with van der Waals surface area (Å²) in [5.41, 5.74) is 7.03. The first-order valence-corrected chi connectivity index (χ1v) is 7.20. The molecule has 0 atom stereocenters. The van der Waals surface area contributed by atoms with Crippen LogP contribution in [0.2, 0.25) is 0 Å². The van der Waals surface area contributed by atoms with Gasteiger partial charge in [0.2, 0.25) is 5.91 Å². The summed E-state index contributed by atoms with van der Waals surface area (Å²) in [5.74, 6) is -0.0519. The lowest BCUT2D eigenvalue weighted by Gasteiger charge is -2.28. The van der Waals surface area contributed by atoms with Gasteiger partial charge in [-0.1, -0.05) is 0 Å². The molecule has 0 aromatic heterocycles. The van der Waals surface area contributed by atoms with Gasteiger partial charge in [0.1, 0.15) is 0 Å². The minimum atomic E-state index is -0.550. The molecule has 0 spiro atoms. The highest BCUT2D eigenvalue weighted by Gasteiger charge is 2.25. The molecule has 20 heavy (non-hydrogen) atoms. The maximum absolute atomic E-state index is 12.0. The summed E-state index contributed by atoms with van der Waals surface area (Å²) < 4.78 is 0. The van der Waals surface area contributed by atoms with E-state index in [1.807, 2.05) is 38.1 Å². The van der Waals surface area contributed by atoms with Gasteiger partial charge in [-0.3, -0.25) is 4.79 Å². The third-order valence-corrected chi connectivity index (χ3v) is 3.55. The van der Waals surface area contributed by atoms with Crippen molar-refractivity contribution in [3.63, 3.8) is 0 Å². The highest BCUT2D eigenvalue weighted by molar-refractivity contribution is 5.95. The van der Waals surface area contributed by atoms with Crippen LogP contribution in [0.5, 0.6) is 0 Å². The number of nitrogens with two attached hydrogens (primary N) is 1. The van der Waals surface area contributed by atoms with E-state index >= 15 is 0 Å². The summed E-state index contributed by atoms with van der Waals surface area (Å²) in [7, 11) is 0. The Labute approximate surface area is 122 Å². The highest BCUT2D eigenvalue weighted by Crippen LogP contribution is 2.22. The molecule has 0 radical (unpaired) electrons. The molecule has 0 heterocycles. The Balaban J connectivity index is 2.79. The molecular formula is C16H27N3O. The number of benzene rings is 1. The minimum Gasteiger partial charge on any atom is -0.369 e. The maximum Gasteiger partial charge on any atom is 0.231 e. The van der Waals surface area contributed by atoms with Crippen molar-refractivity contribution in [1.29, 1.82) is 0 Å². The Morgan fingerprint density at radius 1 is 1.30 bits per heavy atom. The molecule has 0 saturated heterocycles. The number of hydrogen-bond acceptors (Lipinski definition) is 3. The van der Waals surface area contributed by atoms with Crippen LogP contribution in [0, 0.1) is 5.41 Å². The molecule has 0 fully saturated rings. The van der Waals surface area contributed by atoms with E-state index in [1.54, 1.807) is 0 Å². The monoisotopic (exact) mass is 277 g/mol. The summed E-state index contributed by atoms with van der Waals surface area (Å²) in [6.45, 7) is 11.4. The Morgan fingerprint density at radius 2 is 1.85 bits per heavy atom. The van der Waals surface area contributed by atoms with E-state index < -0.39 is 5.41 Å². The van der Waals surface area contributed by atoms with Crippen molar-refractivity contribution < 1.29 is 4.79 Å². The second-order valence-electron chi connectivity index (χ2n) is 5.97. The van der Waals surface area contributed by atoms with Crippen molar-refractivity contribution >= 4 is 17.3 Å². The average Bonchev–Trinajstić information content (AvgIpc) is 2.41. The van der Waals surface area contributed by atoms with Crippen LogP contribution in [0.3, 0.4) is 0 Å². The summed E-state index contributed by atoms with van der Waals surface area (Å²) in [6.07, 6.45) is 0. The lowest BCUT2D eigenvalue weighted by atomic mass is 9.92. The number of anilines is 2. The van der Waals surface area contributed by atoms with Crippen LogP contribution >= 0.6 is 0 Å². The van der Waals surface area contributed by atoms with Gasteiger partial charge in [0.05, 0.1) is 5.41 Å². The summed E-state index contributed by atoms with van der Waals surface area (Å²) in [6, 6.07) is 8.40. The van der Waals surface area contributed by atoms with Crippen molar-refractivity contribution in [2.75, 3.05) is 23.3 Å². The van der Waals surface area contributed by atoms with Crippen LogP contribution in [-0.4, -0.2) is 25.0 Å².